The summed E-state index contributed by atoms with van der Waals surface area (Å²) >= 11 is 0. The number of nitrogens with zero attached hydrogens (tertiary/aromatic N) is 1. The molecule has 4 nitrogen and oxygen atoms in total. The Kier molecular flexibility index (Phi) is 3.16. The van der Waals surface area contributed by atoms with Gasteiger partial charge in [-0.15, -0.1) is 0 Å². The average molecular weight is 179 g/mol. The molecule has 1 aromatic rings. The Morgan fingerprint density at radius 3 is 2.54 bits per heavy atom. The molecule has 1 aromatic carbocycles. The molecule has 4 heteroatoms. The van der Waals surface area contributed by atoms with Crippen molar-refractivity contribution in [2.24, 2.45) is 0 Å². The lowest BCUT2D eigenvalue weighted by molar-refractivity contribution is -0.428. The van der Waals surface area contributed by atoms with E-state index in [9.17, 15) is 10.1 Å². The van der Waals surface area contributed by atoms with Crippen LogP contribution in [0.1, 0.15) is 5.56 Å². The maximum Gasteiger partial charge on any atom is 0.271 e. The van der Waals surface area contributed by atoms with E-state index in [0.29, 0.717) is 5.56 Å². The molecule has 1 rings (SSSR count). The Morgan fingerprint density at radius 2 is 2.08 bits per heavy atom. The van der Waals surface area contributed by atoms with Crippen molar-refractivity contribution in [3.63, 3.8) is 0 Å². The van der Waals surface area contributed by atoms with Crippen molar-refractivity contribution in [1.82, 2.24) is 0 Å². The number of nitro groups is 1. The lowest BCUT2D eigenvalue weighted by Crippen LogP contribution is -2.02. The van der Waals surface area contributed by atoms with Crippen molar-refractivity contribution in [2.45, 2.75) is 0 Å². The SMILES string of the molecule is O=[N+]([O-])/C(=C\c1ccccc1)CO. The fraction of sp³-hybridized carbons (Fsp3) is 0.111. The van der Waals surface area contributed by atoms with Gasteiger partial charge in [-0.25, -0.2) is 0 Å². The van der Waals surface area contributed by atoms with E-state index in [1.807, 2.05) is 6.07 Å². The lowest BCUT2D eigenvalue weighted by Gasteiger charge is -1.93. The van der Waals surface area contributed by atoms with Gasteiger partial charge in [0.2, 0.25) is 0 Å². The van der Waals surface area contributed by atoms with Gasteiger partial charge in [0, 0.05) is 6.08 Å². The molecule has 0 aliphatic carbocycles. The normalized spacial score (nSPS) is 11.3. The van der Waals surface area contributed by atoms with Crippen LogP contribution >= 0.6 is 0 Å². The monoisotopic (exact) mass is 179 g/mol. The number of aliphatic hydroxyl groups is 1. The molecule has 68 valence electrons. The molecule has 0 aromatic heterocycles. The zero-order valence-corrected chi connectivity index (χ0v) is 6.88. The van der Waals surface area contributed by atoms with E-state index in [2.05, 4.69) is 0 Å². The summed E-state index contributed by atoms with van der Waals surface area (Å²) in [5.74, 6) is 0. The average Bonchev–Trinajstić information content (AvgIpc) is 2.15. The van der Waals surface area contributed by atoms with Crippen LogP contribution in [0.25, 0.3) is 6.08 Å². The van der Waals surface area contributed by atoms with Crippen molar-refractivity contribution in [3.05, 3.63) is 51.7 Å². The first kappa shape index (κ1) is 9.41. The first-order valence-electron chi connectivity index (χ1n) is 3.75. The molecular formula is C9H9NO3. The zero-order valence-electron chi connectivity index (χ0n) is 6.88. The van der Waals surface area contributed by atoms with E-state index in [1.54, 1.807) is 24.3 Å². The fourth-order valence-corrected chi connectivity index (χ4v) is 0.898. The highest BCUT2D eigenvalue weighted by atomic mass is 16.6. The summed E-state index contributed by atoms with van der Waals surface area (Å²) in [6.07, 6.45) is 1.35. The molecule has 0 atom stereocenters. The number of rotatable bonds is 3. The molecule has 0 spiro atoms. The Bertz CT molecular complexity index is 319. The Morgan fingerprint density at radius 1 is 1.46 bits per heavy atom. The highest BCUT2D eigenvalue weighted by Crippen LogP contribution is 2.05. The van der Waals surface area contributed by atoms with Gasteiger partial charge < -0.3 is 5.11 Å². The van der Waals surface area contributed by atoms with Crippen molar-refractivity contribution >= 4 is 6.08 Å². The molecule has 0 aliphatic heterocycles. The molecular weight excluding hydrogens is 170 g/mol. The van der Waals surface area contributed by atoms with Crippen LogP contribution in [-0.2, 0) is 0 Å². The molecule has 0 bridgehead atoms. The van der Waals surface area contributed by atoms with Gasteiger partial charge in [0.05, 0.1) is 4.92 Å². The third-order valence-electron chi connectivity index (χ3n) is 1.53. The topological polar surface area (TPSA) is 63.4 Å². The quantitative estimate of drug-likeness (QED) is 0.561. The summed E-state index contributed by atoms with van der Waals surface area (Å²) < 4.78 is 0. The Labute approximate surface area is 75.3 Å². The maximum atomic E-state index is 10.3. The summed E-state index contributed by atoms with van der Waals surface area (Å²) in [7, 11) is 0. The van der Waals surface area contributed by atoms with Crippen molar-refractivity contribution in [1.29, 1.82) is 0 Å². The smallest absolute Gasteiger partial charge is 0.271 e. The van der Waals surface area contributed by atoms with Gasteiger partial charge in [-0.05, 0) is 5.56 Å². The van der Waals surface area contributed by atoms with Crippen LogP contribution in [0.2, 0.25) is 0 Å². The maximum absolute atomic E-state index is 10.3. The molecule has 0 unspecified atom stereocenters. The second-order valence-electron chi connectivity index (χ2n) is 2.46. The zero-order chi connectivity index (χ0) is 9.68. The number of hydrogen-bond acceptors (Lipinski definition) is 3. The predicted octanol–water partition coefficient (Wildman–Crippen LogP) is 1.30. The number of aliphatic hydroxyl groups excluding tert-OH is 1. The summed E-state index contributed by atoms with van der Waals surface area (Å²) in [5.41, 5.74) is 0.509. The summed E-state index contributed by atoms with van der Waals surface area (Å²) in [6.45, 7) is -0.554. The highest BCUT2D eigenvalue weighted by Gasteiger charge is 2.07. The van der Waals surface area contributed by atoms with Gasteiger partial charge in [-0.3, -0.25) is 10.1 Å². The molecule has 1 N–H and O–H groups in total. The van der Waals surface area contributed by atoms with Crippen LogP contribution in [0.5, 0.6) is 0 Å². The van der Waals surface area contributed by atoms with Gasteiger partial charge in [-0.2, -0.15) is 0 Å². The van der Waals surface area contributed by atoms with Crippen molar-refractivity contribution < 1.29 is 10.0 Å². The van der Waals surface area contributed by atoms with Gasteiger partial charge in [0.1, 0.15) is 6.61 Å². The third-order valence-corrected chi connectivity index (χ3v) is 1.53. The van der Waals surface area contributed by atoms with E-state index in [-0.39, 0.29) is 5.70 Å². The van der Waals surface area contributed by atoms with Gasteiger partial charge in [0.15, 0.2) is 0 Å². The molecule has 0 saturated heterocycles. The number of benzene rings is 1. The van der Waals surface area contributed by atoms with Crippen molar-refractivity contribution in [3.8, 4) is 0 Å². The third kappa shape index (κ3) is 2.68. The molecule has 0 amide bonds. The molecule has 0 aliphatic rings. The van der Waals surface area contributed by atoms with E-state index in [4.69, 9.17) is 5.11 Å². The molecule has 0 saturated carbocycles. The van der Waals surface area contributed by atoms with Crippen LogP contribution in [0.3, 0.4) is 0 Å². The number of hydrogen-bond donors (Lipinski definition) is 1. The molecule has 0 fully saturated rings. The van der Waals surface area contributed by atoms with Gasteiger partial charge in [0.25, 0.3) is 5.70 Å². The summed E-state index contributed by atoms with van der Waals surface area (Å²) in [4.78, 5) is 9.72. The van der Waals surface area contributed by atoms with Crippen LogP contribution in [0, 0.1) is 10.1 Å². The largest absolute Gasteiger partial charge is 0.385 e. The first-order chi connectivity index (χ1) is 6.24. The lowest BCUT2D eigenvalue weighted by atomic mass is 10.2. The Balaban J connectivity index is 2.92. The van der Waals surface area contributed by atoms with Crippen LogP contribution < -0.4 is 0 Å². The summed E-state index contributed by atoms with van der Waals surface area (Å²) in [6, 6.07) is 8.85. The second-order valence-corrected chi connectivity index (χ2v) is 2.46. The molecule has 0 heterocycles. The van der Waals surface area contributed by atoms with E-state index < -0.39 is 11.5 Å². The molecule has 13 heavy (non-hydrogen) atoms. The minimum Gasteiger partial charge on any atom is -0.385 e. The Hall–Kier alpha value is -1.68. The van der Waals surface area contributed by atoms with E-state index in [1.165, 1.54) is 6.08 Å². The minimum atomic E-state index is -0.590. The van der Waals surface area contributed by atoms with Gasteiger partial charge >= 0.3 is 0 Å². The van der Waals surface area contributed by atoms with Gasteiger partial charge in [-0.1, -0.05) is 30.3 Å². The highest BCUT2D eigenvalue weighted by molar-refractivity contribution is 5.50. The summed E-state index contributed by atoms with van der Waals surface area (Å²) in [5, 5.41) is 19.0. The van der Waals surface area contributed by atoms with Crippen molar-refractivity contribution in [2.75, 3.05) is 6.61 Å². The molecule has 0 radical (unpaired) electrons. The standard InChI is InChI=1S/C9H9NO3/c11-7-9(10(12)13)6-8-4-2-1-3-5-8/h1-6,11H,7H2/b9-6-. The van der Waals surface area contributed by atoms with E-state index in [0.717, 1.165) is 0 Å². The van der Waals surface area contributed by atoms with Crippen LogP contribution in [-0.4, -0.2) is 16.6 Å². The van der Waals surface area contributed by atoms with E-state index >= 15 is 0 Å². The minimum absolute atomic E-state index is 0.203. The van der Waals surface area contributed by atoms with Crippen LogP contribution in [0.4, 0.5) is 0 Å². The fourth-order valence-electron chi connectivity index (χ4n) is 0.898. The predicted molar refractivity (Wildman–Crippen MR) is 48.5 cm³/mol. The second kappa shape index (κ2) is 4.37. The van der Waals surface area contributed by atoms with Crippen LogP contribution in [0.15, 0.2) is 36.0 Å². The first-order valence-corrected chi connectivity index (χ1v) is 3.75.